The molecule has 82 valence electrons. The van der Waals surface area contributed by atoms with E-state index in [0.29, 0.717) is 17.1 Å². The van der Waals surface area contributed by atoms with E-state index < -0.39 is 16.4 Å². The molecule has 1 aromatic carbocycles. The van der Waals surface area contributed by atoms with Crippen LogP contribution < -0.4 is 0 Å². The van der Waals surface area contributed by atoms with Gasteiger partial charge in [-0.1, -0.05) is 6.07 Å². The van der Waals surface area contributed by atoms with Crippen molar-refractivity contribution < 1.29 is 14.4 Å². The summed E-state index contributed by atoms with van der Waals surface area (Å²) in [7, 11) is 0. The third-order valence-electron chi connectivity index (χ3n) is 1.69. The van der Waals surface area contributed by atoms with Gasteiger partial charge in [0.1, 0.15) is 0 Å². The van der Waals surface area contributed by atoms with Crippen LogP contribution in [0.3, 0.4) is 0 Å². The van der Waals surface area contributed by atoms with E-state index in [4.69, 9.17) is 5.11 Å². The molecule has 0 saturated carbocycles. The van der Waals surface area contributed by atoms with Crippen molar-refractivity contribution >= 4 is 17.4 Å². The summed E-state index contributed by atoms with van der Waals surface area (Å²) < 4.78 is 13.1. The Morgan fingerprint density at radius 1 is 1.53 bits per heavy atom. The Morgan fingerprint density at radius 3 is 2.87 bits per heavy atom. The maximum atomic E-state index is 13.1. The summed E-state index contributed by atoms with van der Waals surface area (Å²) >= 11 is 1.17. The third kappa shape index (κ3) is 3.17. The van der Waals surface area contributed by atoms with Crippen LogP contribution in [0.25, 0.3) is 0 Å². The Labute approximate surface area is 90.3 Å². The molecule has 0 saturated heterocycles. The zero-order valence-corrected chi connectivity index (χ0v) is 8.67. The van der Waals surface area contributed by atoms with Crippen molar-refractivity contribution in [2.45, 2.75) is 11.3 Å². The lowest BCUT2D eigenvalue weighted by Crippen LogP contribution is -1.95. The van der Waals surface area contributed by atoms with E-state index >= 15 is 0 Å². The number of halogens is 1. The Balaban J connectivity index is 2.86. The number of para-hydroxylation sites is 1. The van der Waals surface area contributed by atoms with Crippen LogP contribution in [0.4, 0.5) is 10.1 Å². The highest BCUT2D eigenvalue weighted by Crippen LogP contribution is 2.31. The van der Waals surface area contributed by atoms with Crippen LogP contribution >= 0.6 is 11.8 Å². The average molecular weight is 231 g/mol. The van der Waals surface area contributed by atoms with Gasteiger partial charge in [-0.3, -0.25) is 10.1 Å². The van der Waals surface area contributed by atoms with E-state index in [1.165, 1.54) is 23.9 Å². The fourth-order valence-corrected chi connectivity index (χ4v) is 2.01. The summed E-state index contributed by atoms with van der Waals surface area (Å²) in [4.78, 5) is 10.2. The number of aliphatic hydroxyl groups excluding tert-OH is 1. The van der Waals surface area contributed by atoms with E-state index in [0.717, 1.165) is 6.07 Å². The van der Waals surface area contributed by atoms with E-state index in [2.05, 4.69) is 0 Å². The molecule has 1 N–H and O–H groups in total. The largest absolute Gasteiger partial charge is 0.396 e. The Kier molecular flexibility index (Phi) is 4.51. The summed E-state index contributed by atoms with van der Waals surface area (Å²) in [5, 5.41) is 19.1. The molecule has 4 nitrogen and oxygen atoms in total. The zero-order valence-electron chi connectivity index (χ0n) is 7.85. The number of aliphatic hydroxyl groups is 1. The standard InChI is InChI=1S/C9H10FNO3S/c10-7-3-1-4-8(9(7)11(13)14)15-6-2-5-12/h1,3-4,12H,2,5-6H2. The summed E-state index contributed by atoms with van der Waals surface area (Å²) in [6, 6.07) is 4.00. The third-order valence-corrected chi connectivity index (χ3v) is 2.83. The van der Waals surface area contributed by atoms with Crippen LogP contribution in [-0.4, -0.2) is 22.4 Å². The quantitative estimate of drug-likeness (QED) is 0.365. The molecule has 1 aromatic rings. The molecule has 0 bridgehead atoms. The van der Waals surface area contributed by atoms with Crippen molar-refractivity contribution in [1.29, 1.82) is 0 Å². The van der Waals surface area contributed by atoms with Crippen molar-refractivity contribution in [3.8, 4) is 0 Å². The molecular formula is C9H10FNO3S. The zero-order chi connectivity index (χ0) is 11.3. The molecule has 0 aliphatic heterocycles. The van der Waals surface area contributed by atoms with Gasteiger partial charge in [0.25, 0.3) is 0 Å². The molecule has 6 heteroatoms. The summed E-state index contributed by atoms with van der Waals surface area (Å²) in [5.74, 6) is -0.296. The second kappa shape index (κ2) is 5.67. The summed E-state index contributed by atoms with van der Waals surface area (Å²) in [5.41, 5.74) is -0.486. The predicted molar refractivity (Wildman–Crippen MR) is 55.5 cm³/mol. The van der Waals surface area contributed by atoms with Gasteiger partial charge in [-0.05, 0) is 18.6 Å². The van der Waals surface area contributed by atoms with Crippen LogP contribution in [0.5, 0.6) is 0 Å². The molecule has 0 unspecified atom stereocenters. The summed E-state index contributed by atoms with van der Waals surface area (Å²) in [6.45, 7) is 0.0239. The molecule has 1 rings (SSSR count). The highest BCUT2D eigenvalue weighted by molar-refractivity contribution is 7.99. The van der Waals surface area contributed by atoms with Gasteiger partial charge in [0.2, 0.25) is 5.82 Å². The molecule has 0 aromatic heterocycles. The van der Waals surface area contributed by atoms with E-state index in [1.54, 1.807) is 0 Å². The number of nitro benzene ring substituents is 1. The number of thioether (sulfide) groups is 1. The second-order valence-corrected chi connectivity index (χ2v) is 3.91. The van der Waals surface area contributed by atoms with Crippen molar-refractivity contribution in [2.75, 3.05) is 12.4 Å². The highest BCUT2D eigenvalue weighted by Gasteiger charge is 2.19. The molecule has 0 spiro atoms. The SMILES string of the molecule is O=[N+]([O-])c1c(F)cccc1SCCCO. The Morgan fingerprint density at radius 2 is 2.27 bits per heavy atom. The number of hydrogen-bond acceptors (Lipinski definition) is 4. The minimum atomic E-state index is -0.825. The molecule has 0 fully saturated rings. The Bertz CT molecular complexity index is 359. The molecule has 0 amide bonds. The lowest BCUT2D eigenvalue weighted by atomic mass is 10.3. The molecule has 0 heterocycles. The number of nitro groups is 1. The van der Waals surface area contributed by atoms with Crippen LogP contribution in [0.15, 0.2) is 23.1 Å². The fourth-order valence-electron chi connectivity index (χ4n) is 1.04. The lowest BCUT2D eigenvalue weighted by Gasteiger charge is -2.02. The molecule has 0 aliphatic rings. The first-order valence-electron chi connectivity index (χ1n) is 4.33. The smallest absolute Gasteiger partial charge is 0.318 e. The monoisotopic (exact) mass is 231 g/mol. The predicted octanol–water partition coefficient (Wildman–Crippen LogP) is 2.21. The van der Waals surface area contributed by atoms with Gasteiger partial charge in [0, 0.05) is 12.4 Å². The number of nitrogens with zero attached hydrogens (tertiary/aromatic N) is 1. The van der Waals surface area contributed by atoms with Gasteiger partial charge in [-0.25, -0.2) is 0 Å². The number of rotatable bonds is 5. The summed E-state index contributed by atoms with van der Waals surface area (Å²) in [6.07, 6.45) is 0.526. The second-order valence-electron chi connectivity index (χ2n) is 2.77. The molecule has 0 radical (unpaired) electrons. The van der Waals surface area contributed by atoms with Gasteiger partial charge < -0.3 is 5.11 Å². The maximum Gasteiger partial charge on any atom is 0.318 e. The fraction of sp³-hybridized carbons (Fsp3) is 0.333. The minimum absolute atomic E-state index is 0.0239. The van der Waals surface area contributed by atoms with Gasteiger partial charge in [0.15, 0.2) is 0 Å². The number of benzene rings is 1. The van der Waals surface area contributed by atoms with E-state index in [9.17, 15) is 14.5 Å². The van der Waals surface area contributed by atoms with Gasteiger partial charge in [0.05, 0.1) is 9.82 Å². The first-order valence-corrected chi connectivity index (χ1v) is 5.32. The van der Waals surface area contributed by atoms with Crippen molar-refractivity contribution in [3.63, 3.8) is 0 Å². The van der Waals surface area contributed by atoms with E-state index in [1.807, 2.05) is 0 Å². The maximum absolute atomic E-state index is 13.1. The van der Waals surface area contributed by atoms with Crippen LogP contribution in [0, 0.1) is 15.9 Å². The Hall–Kier alpha value is -1.14. The molecule has 0 aliphatic carbocycles. The van der Waals surface area contributed by atoms with Crippen molar-refractivity contribution in [1.82, 2.24) is 0 Å². The van der Waals surface area contributed by atoms with Crippen molar-refractivity contribution in [3.05, 3.63) is 34.1 Å². The molecule has 0 atom stereocenters. The van der Waals surface area contributed by atoms with E-state index in [-0.39, 0.29) is 6.61 Å². The normalized spacial score (nSPS) is 10.3. The van der Waals surface area contributed by atoms with Gasteiger partial charge in [-0.2, -0.15) is 4.39 Å². The van der Waals surface area contributed by atoms with Gasteiger partial charge >= 0.3 is 5.69 Å². The van der Waals surface area contributed by atoms with Crippen LogP contribution in [0.1, 0.15) is 6.42 Å². The van der Waals surface area contributed by atoms with Crippen LogP contribution in [0.2, 0.25) is 0 Å². The lowest BCUT2D eigenvalue weighted by molar-refractivity contribution is -0.390. The van der Waals surface area contributed by atoms with Crippen molar-refractivity contribution in [2.24, 2.45) is 0 Å². The molecular weight excluding hydrogens is 221 g/mol. The average Bonchev–Trinajstić information content (AvgIpc) is 2.17. The minimum Gasteiger partial charge on any atom is -0.396 e. The molecule has 15 heavy (non-hydrogen) atoms. The number of hydrogen-bond donors (Lipinski definition) is 1. The van der Waals surface area contributed by atoms with Crippen LogP contribution in [-0.2, 0) is 0 Å². The topological polar surface area (TPSA) is 63.4 Å². The first-order chi connectivity index (χ1) is 7.16. The van der Waals surface area contributed by atoms with Gasteiger partial charge in [-0.15, -0.1) is 11.8 Å². The first kappa shape index (κ1) is 11.9. The highest BCUT2D eigenvalue weighted by atomic mass is 32.2.